The Hall–Kier alpha value is -1.75. The fourth-order valence-electron chi connectivity index (χ4n) is 4.72. The summed E-state index contributed by atoms with van der Waals surface area (Å²) in [6.45, 7) is 3.39. The highest BCUT2D eigenvalue weighted by molar-refractivity contribution is 5.76. The zero-order valence-corrected chi connectivity index (χ0v) is 17.1. The van der Waals surface area contributed by atoms with Gasteiger partial charge in [-0.2, -0.15) is 0 Å². The van der Waals surface area contributed by atoms with E-state index in [-0.39, 0.29) is 5.91 Å². The molecule has 2 heterocycles. The van der Waals surface area contributed by atoms with Gasteiger partial charge in [0.1, 0.15) is 0 Å². The van der Waals surface area contributed by atoms with E-state index in [0.29, 0.717) is 18.4 Å². The van der Waals surface area contributed by atoms with Gasteiger partial charge in [-0.15, -0.1) is 0 Å². The van der Waals surface area contributed by atoms with Crippen molar-refractivity contribution >= 4 is 5.91 Å². The number of carbonyl (C=O) groups excluding carboxylic acids is 1. The largest absolute Gasteiger partial charge is 0.493 e. The third-order valence-corrected chi connectivity index (χ3v) is 6.24. The Balaban J connectivity index is 1.52. The molecule has 0 N–H and O–H groups in total. The molecule has 0 radical (unpaired) electrons. The van der Waals surface area contributed by atoms with E-state index >= 15 is 0 Å². The van der Waals surface area contributed by atoms with Crippen LogP contribution in [-0.2, 0) is 11.2 Å². The van der Waals surface area contributed by atoms with Crippen molar-refractivity contribution in [2.24, 2.45) is 5.92 Å². The van der Waals surface area contributed by atoms with E-state index in [0.717, 1.165) is 30.0 Å². The molecule has 2 saturated heterocycles. The van der Waals surface area contributed by atoms with E-state index < -0.39 is 0 Å². The highest BCUT2D eigenvalue weighted by Gasteiger charge is 2.33. The lowest BCUT2D eigenvalue weighted by Crippen LogP contribution is -2.51. The minimum Gasteiger partial charge on any atom is -0.493 e. The molecule has 2 atom stereocenters. The van der Waals surface area contributed by atoms with Gasteiger partial charge in [-0.25, -0.2) is 0 Å². The minimum atomic E-state index is 0.234. The van der Waals surface area contributed by atoms with Crippen LogP contribution in [0.3, 0.4) is 0 Å². The number of aryl methyl sites for hydroxylation is 1. The first kappa shape index (κ1) is 20.0. The fourth-order valence-corrected chi connectivity index (χ4v) is 4.72. The number of benzene rings is 1. The lowest BCUT2D eigenvalue weighted by atomic mass is 9.83. The van der Waals surface area contributed by atoms with Gasteiger partial charge in [-0.05, 0) is 68.8 Å². The number of piperidine rings is 2. The SMILES string of the molecule is COc1ccc(CCC(=O)N(C)C[C@@H]2CCCN3CCCC[C@H]23)cc1OC. The van der Waals surface area contributed by atoms with Gasteiger partial charge >= 0.3 is 0 Å². The molecule has 150 valence electrons. The molecule has 1 aromatic carbocycles. The van der Waals surface area contributed by atoms with Gasteiger partial charge in [0.05, 0.1) is 14.2 Å². The number of hydrogen-bond donors (Lipinski definition) is 0. The second-order valence-electron chi connectivity index (χ2n) is 7.97. The van der Waals surface area contributed by atoms with Gasteiger partial charge in [0, 0.05) is 26.1 Å². The van der Waals surface area contributed by atoms with Crippen molar-refractivity contribution in [2.45, 2.75) is 51.0 Å². The van der Waals surface area contributed by atoms with Crippen molar-refractivity contribution in [1.82, 2.24) is 9.80 Å². The van der Waals surface area contributed by atoms with Crippen molar-refractivity contribution in [1.29, 1.82) is 0 Å². The Morgan fingerprint density at radius 1 is 1.11 bits per heavy atom. The highest BCUT2D eigenvalue weighted by Crippen LogP contribution is 2.31. The van der Waals surface area contributed by atoms with Crippen molar-refractivity contribution in [2.75, 3.05) is 40.9 Å². The van der Waals surface area contributed by atoms with Gasteiger partial charge in [-0.1, -0.05) is 12.5 Å². The minimum absolute atomic E-state index is 0.234. The van der Waals surface area contributed by atoms with Crippen molar-refractivity contribution in [3.63, 3.8) is 0 Å². The molecule has 0 bridgehead atoms. The predicted octanol–water partition coefficient (Wildman–Crippen LogP) is 3.36. The van der Waals surface area contributed by atoms with Crippen LogP contribution in [0.15, 0.2) is 18.2 Å². The standard InChI is InChI=1S/C22H34N2O3/c1-23(16-18-7-6-14-24-13-5-4-8-19(18)24)22(25)12-10-17-9-11-20(26-2)21(15-17)27-3/h9,11,15,18-19H,4-8,10,12-14,16H2,1-3H3/t18-,19+/m0/s1. The third-order valence-electron chi connectivity index (χ3n) is 6.24. The van der Waals surface area contributed by atoms with Crippen LogP contribution in [-0.4, -0.2) is 62.7 Å². The average molecular weight is 375 g/mol. The maximum atomic E-state index is 12.7. The number of methoxy groups -OCH3 is 2. The van der Waals surface area contributed by atoms with Gasteiger partial charge in [0.15, 0.2) is 11.5 Å². The van der Waals surface area contributed by atoms with Crippen LogP contribution >= 0.6 is 0 Å². The summed E-state index contributed by atoms with van der Waals surface area (Å²) in [5.41, 5.74) is 1.10. The monoisotopic (exact) mass is 374 g/mol. The molecule has 0 unspecified atom stereocenters. The second-order valence-corrected chi connectivity index (χ2v) is 7.97. The van der Waals surface area contributed by atoms with Crippen LogP contribution in [0.5, 0.6) is 11.5 Å². The molecular formula is C22H34N2O3. The van der Waals surface area contributed by atoms with Crippen molar-refractivity contribution < 1.29 is 14.3 Å². The normalized spacial score (nSPS) is 22.8. The van der Waals surface area contributed by atoms with E-state index in [1.54, 1.807) is 14.2 Å². The first-order chi connectivity index (χ1) is 13.1. The van der Waals surface area contributed by atoms with Gasteiger partial charge < -0.3 is 19.3 Å². The van der Waals surface area contributed by atoms with E-state index in [4.69, 9.17) is 9.47 Å². The van der Waals surface area contributed by atoms with Crippen LogP contribution in [0.25, 0.3) is 0 Å². The predicted molar refractivity (Wildman–Crippen MR) is 107 cm³/mol. The summed E-state index contributed by atoms with van der Waals surface area (Å²) in [6.07, 6.45) is 7.77. The first-order valence-electron chi connectivity index (χ1n) is 10.3. The molecule has 1 amide bonds. The number of fused-ring (bicyclic) bond motifs is 1. The maximum absolute atomic E-state index is 12.7. The molecule has 3 rings (SSSR count). The Kier molecular flexibility index (Phi) is 7.00. The topological polar surface area (TPSA) is 42.0 Å². The highest BCUT2D eigenvalue weighted by atomic mass is 16.5. The number of nitrogens with zero attached hydrogens (tertiary/aromatic N) is 2. The molecule has 1 aromatic rings. The molecular weight excluding hydrogens is 340 g/mol. The number of amides is 1. The molecule has 0 spiro atoms. The molecule has 27 heavy (non-hydrogen) atoms. The lowest BCUT2D eigenvalue weighted by molar-refractivity contribution is -0.131. The number of carbonyl (C=O) groups is 1. The van der Waals surface area contributed by atoms with Crippen LogP contribution in [0.2, 0.25) is 0 Å². The quantitative estimate of drug-likeness (QED) is 0.734. The fraction of sp³-hybridized carbons (Fsp3) is 0.682. The summed E-state index contributed by atoms with van der Waals surface area (Å²) in [5.74, 6) is 2.31. The summed E-state index contributed by atoms with van der Waals surface area (Å²) in [6, 6.07) is 6.57. The van der Waals surface area contributed by atoms with Crippen molar-refractivity contribution in [3.05, 3.63) is 23.8 Å². The Morgan fingerprint density at radius 2 is 1.89 bits per heavy atom. The van der Waals surface area contributed by atoms with Gasteiger partial charge in [0.25, 0.3) is 0 Å². The Morgan fingerprint density at radius 3 is 2.67 bits per heavy atom. The first-order valence-corrected chi connectivity index (χ1v) is 10.3. The van der Waals surface area contributed by atoms with E-state index in [9.17, 15) is 4.79 Å². The summed E-state index contributed by atoms with van der Waals surface area (Å²) in [4.78, 5) is 17.3. The molecule has 5 heteroatoms. The summed E-state index contributed by atoms with van der Waals surface area (Å²) >= 11 is 0. The van der Waals surface area contributed by atoms with Crippen LogP contribution in [0, 0.1) is 5.92 Å². The average Bonchev–Trinajstić information content (AvgIpc) is 2.71. The van der Waals surface area contributed by atoms with Crippen LogP contribution < -0.4 is 9.47 Å². The molecule has 5 nitrogen and oxygen atoms in total. The number of hydrogen-bond acceptors (Lipinski definition) is 4. The Labute approximate surface area is 163 Å². The molecule has 2 fully saturated rings. The maximum Gasteiger partial charge on any atom is 0.222 e. The Bertz CT molecular complexity index is 632. The van der Waals surface area contributed by atoms with Gasteiger partial charge in [0.2, 0.25) is 5.91 Å². The van der Waals surface area contributed by atoms with Gasteiger partial charge in [-0.3, -0.25) is 4.79 Å². The van der Waals surface area contributed by atoms with Crippen LogP contribution in [0.4, 0.5) is 0 Å². The van der Waals surface area contributed by atoms with Crippen LogP contribution in [0.1, 0.15) is 44.1 Å². The zero-order valence-electron chi connectivity index (χ0n) is 17.1. The summed E-state index contributed by atoms with van der Waals surface area (Å²) in [7, 11) is 5.24. The number of ether oxygens (including phenoxy) is 2. The van der Waals surface area contributed by atoms with E-state index in [2.05, 4.69) is 4.90 Å². The van der Waals surface area contributed by atoms with Crippen molar-refractivity contribution in [3.8, 4) is 11.5 Å². The summed E-state index contributed by atoms with van der Waals surface area (Å²) < 4.78 is 10.6. The smallest absolute Gasteiger partial charge is 0.222 e. The molecule has 2 aliphatic heterocycles. The molecule has 2 aliphatic rings. The zero-order chi connectivity index (χ0) is 19.2. The molecule has 0 aliphatic carbocycles. The second kappa shape index (κ2) is 9.45. The summed E-state index contributed by atoms with van der Waals surface area (Å²) in [5, 5.41) is 0. The third kappa shape index (κ3) is 4.95. The molecule has 0 aromatic heterocycles. The number of rotatable bonds is 7. The van der Waals surface area contributed by atoms with E-state index in [1.165, 1.54) is 45.2 Å². The van der Waals surface area contributed by atoms with E-state index in [1.807, 2.05) is 30.1 Å². The molecule has 0 saturated carbocycles. The lowest BCUT2D eigenvalue weighted by Gasteiger charge is -2.45.